The summed E-state index contributed by atoms with van der Waals surface area (Å²) in [5.74, 6) is 1.57. The summed E-state index contributed by atoms with van der Waals surface area (Å²) in [7, 11) is 1.58. The van der Waals surface area contributed by atoms with Crippen LogP contribution in [-0.4, -0.2) is 57.7 Å². The van der Waals surface area contributed by atoms with Gasteiger partial charge < -0.3 is 13.8 Å². The third-order valence-corrected chi connectivity index (χ3v) is 6.40. The summed E-state index contributed by atoms with van der Waals surface area (Å²) in [6, 6.07) is 19.1. The van der Waals surface area contributed by atoms with Crippen LogP contribution in [0.5, 0.6) is 0 Å². The minimum Gasteiger partial charge on any atom is -0.383 e. The SMILES string of the molecule is COCCn1cnc2c1c(=O)n(Cc1nc(Cc3nc(-c4ccccc4)n[nH]3)no1)c(=O)n2Cc1ccccc1. The minimum atomic E-state index is -0.527. The van der Waals surface area contributed by atoms with E-state index in [2.05, 4.69) is 30.3 Å². The third kappa shape index (κ3) is 4.97. The Balaban J connectivity index is 1.32. The van der Waals surface area contributed by atoms with Gasteiger partial charge in [0, 0.05) is 19.2 Å². The molecule has 0 radical (unpaired) electrons. The van der Waals surface area contributed by atoms with Gasteiger partial charge in [-0.15, -0.1) is 0 Å². The fourth-order valence-corrected chi connectivity index (χ4v) is 4.45. The molecule has 13 heteroatoms. The largest absolute Gasteiger partial charge is 0.383 e. The van der Waals surface area contributed by atoms with Gasteiger partial charge in [0.1, 0.15) is 12.4 Å². The first kappa shape index (κ1) is 25.1. The Morgan fingerprint density at radius 3 is 2.50 bits per heavy atom. The van der Waals surface area contributed by atoms with Crippen LogP contribution < -0.4 is 11.2 Å². The van der Waals surface area contributed by atoms with Gasteiger partial charge in [-0.1, -0.05) is 65.8 Å². The number of hydrogen-bond acceptors (Lipinski definition) is 9. The average molecular weight is 540 g/mol. The number of methoxy groups -OCH3 is 1. The summed E-state index contributed by atoms with van der Waals surface area (Å²) in [6.07, 6.45) is 1.78. The minimum absolute atomic E-state index is 0.116. The summed E-state index contributed by atoms with van der Waals surface area (Å²) in [6.45, 7) is 0.820. The number of ether oxygens (including phenoxy) is 1. The van der Waals surface area contributed by atoms with E-state index in [1.165, 1.54) is 4.57 Å². The lowest BCUT2D eigenvalue weighted by molar-refractivity contribution is 0.188. The summed E-state index contributed by atoms with van der Waals surface area (Å²) < 4.78 is 14.9. The lowest BCUT2D eigenvalue weighted by atomic mass is 10.2. The Morgan fingerprint density at radius 2 is 1.73 bits per heavy atom. The number of fused-ring (bicyclic) bond motifs is 1. The molecule has 6 rings (SSSR count). The summed E-state index contributed by atoms with van der Waals surface area (Å²) in [4.78, 5) is 40.5. The summed E-state index contributed by atoms with van der Waals surface area (Å²) in [5.41, 5.74) is 1.34. The van der Waals surface area contributed by atoms with E-state index in [-0.39, 0.29) is 25.4 Å². The van der Waals surface area contributed by atoms with Crippen molar-refractivity contribution in [2.75, 3.05) is 13.7 Å². The number of rotatable bonds is 10. The second kappa shape index (κ2) is 10.9. The number of nitrogens with one attached hydrogen (secondary N) is 1. The maximum absolute atomic E-state index is 13.6. The Bertz CT molecular complexity index is 1870. The van der Waals surface area contributed by atoms with Gasteiger partial charge in [0.15, 0.2) is 22.8 Å². The van der Waals surface area contributed by atoms with E-state index in [0.717, 1.165) is 15.7 Å². The molecule has 0 spiro atoms. The zero-order valence-corrected chi connectivity index (χ0v) is 21.6. The molecule has 6 aromatic rings. The molecular weight excluding hydrogens is 514 g/mol. The quantitative estimate of drug-likeness (QED) is 0.275. The first-order valence-corrected chi connectivity index (χ1v) is 12.6. The van der Waals surface area contributed by atoms with Crippen LogP contribution in [0.2, 0.25) is 0 Å². The van der Waals surface area contributed by atoms with Gasteiger partial charge in [0.05, 0.1) is 25.9 Å². The number of benzene rings is 2. The topological polar surface area (TPSA) is 152 Å². The van der Waals surface area contributed by atoms with Gasteiger partial charge in [-0.2, -0.15) is 10.1 Å². The van der Waals surface area contributed by atoms with E-state index in [9.17, 15) is 9.59 Å². The molecule has 4 heterocycles. The second-order valence-electron chi connectivity index (χ2n) is 9.10. The predicted molar refractivity (Wildman–Crippen MR) is 144 cm³/mol. The van der Waals surface area contributed by atoms with E-state index >= 15 is 0 Å². The zero-order valence-electron chi connectivity index (χ0n) is 21.6. The van der Waals surface area contributed by atoms with Crippen molar-refractivity contribution in [2.24, 2.45) is 0 Å². The number of aromatic nitrogens is 9. The highest BCUT2D eigenvalue weighted by atomic mass is 16.5. The van der Waals surface area contributed by atoms with E-state index < -0.39 is 11.2 Å². The number of H-pyrrole nitrogens is 1. The van der Waals surface area contributed by atoms with Crippen LogP contribution in [0.25, 0.3) is 22.6 Å². The maximum Gasteiger partial charge on any atom is 0.333 e. The molecule has 0 amide bonds. The molecule has 4 aromatic heterocycles. The molecule has 0 fully saturated rings. The molecule has 2 aromatic carbocycles. The highest BCUT2D eigenvalue weighted by Crippen LogP contribution is 2.15. The zero-order chi connectivity index (χ0) is 27.5. The molecular formula is C27H25N9O4. The smallest absolute Gasteiger partial charge is 0.333 e. The van der Waals surface area contributed by atoms with Crippen LogP contribution in [0, 0.1) is 0 Å². The van der Waals surface area contributed by atoms with Crippen molar-refractivity contribution in [3.8, 4) is 11.4 Å². The maximum atomic E-state index is 13.6. The fraction of sp³-hybridized carbons (Fsp3) is 0.222. The van der Waals surface area contributed by atoms with Crippen molar-refractivity contribution in [3.63, 3.8) is 0 Å². The molecule has 1 N–H and O–H groups in total. The highest BCUT2D eigenvalue weighted by Gasteiger charge is 2.20. The molecule has 0 saturated heterocycles. The van der Waals surface area contributed by atoms with E-state index in [4.69, 9.17) is 9.26 Å². The van der Waals surface area contributed by atoms with Crippen LogP contribution >= 0.6 is 0 Å². The van der Waals surface area contributed by atoms with Gasteiger partial charge in [-0.05, 0) is 5.56 Å². The molecule has 0 saturated carbocycles. The van der Waals surface area contributed by atoms with Crippen molar-refractivity contribution in [2.45, 2.75) is 26.1 Å². The number of aromatic amines is 1. The van der Waals surface area contributed by atoms with Crippen molar-refractivity contribution in [3.05, 3.63) is 111 Å². The number of imidazole rings is 1. The fourth-order valence-electron chi connectivity index (χ4n) is 4.45. The van der Waals surface area contributed by atoms with Gasteiger partial charge in [0.25, 0.3) is 5.56 Å². The van der Waals surface area contributed by atoms with Crippen molar-refractivity contribution >= 4 is 11.2 Å². The molecule has 202 valence electrons. The predicted octanol–water partition coefficient (Wildman–Crippen LogP) is 1.86. The Kier molecular flexibility index (Phi) is 6.85. The highest BCUT2D eigenvalue weighted by molar-refractivity contribution is 5.70. The lowest BCUT2D eigenvalue weighted by Gasteiger charge is -2.12. The molecule has 0 unspecified atom stereocenters. The van der Waals surface area contributed by atoms with Gasteiger partial charge in [-0.25, -0.2) is 19.3 Å². The van der Waals surface area contributed by atoms with Gasteiger partial charge >= 0.3 is 5.69 Å². The van der Waals surface area contributed by atoms with Crippen LogP contribution in [0.3, 0.4) is 0 Å². The normalized spacial score (nSPS) is 11.4. The van der Waals surface area contributed by atoms with Crippen LogP contribution in [0.15, 0.2) is 81.1 Å². The second-order valence-corrected chi connectivity index (χ2v) is 9.10. The molecule has 0 atom stereocenters. The van der Waals surface area contributed by atoms with Crippen LogP contribution in [0.4, 0.5) is 0 Å². The number of nitrogens with zero attached hydrogens (tertiary/aromatic N) is 8. The standard InChI is InChI=1S/C27H25N9O4/c1-39-13-12-34-17-28-25-23(34)26(37)36(27(38)35(25)15-18-8-4-2-5-9-18)16-22-29-21(33-40-22)14-20-30-24(32-31-20)19-10-6-3-7-11-19/h2-11,17H,12-16H2,1H3,(H,30,31,32). The average Bonchev–Trinajstić information content (AvgIpc) is 3.74. The first-order chi connectivity index (χ1) is 19.6. The van der Waals surface area contributed by atoms with Gasteiger partial charge in [0.2, 0.25) is 5.89 Å². The molecule has 0 bridgehead atoms. The summed E-state index contributed by atoms with van der Waals surface area (Å²) in [5, 5.41) is 11.2. The lowest BCUT2D eigenvalue weighted by Crippen LogP contribution is -2.41. The van der Waals surface area contributed by atoms with Crippen molar-refractivity contribution in [1.82, 2.24) is 44.0 Å². The van der Waals surface area contributed by atoms with E-state index in [1.54, 1.807) is 18.0 Å². The van der Waals surface area contributed by atoms with Gasteiger partial charge in [-0.3, -0.25) is 14.5 Å². The first-order valence-electron chi connectivity index (χ1n) is 12.6. The van der Waals surface area contributed by atoms with Crippen molar-refractivity contribution in [1.29, 1.82) is 0 Å². The molecule has 0 aliphatic rings. The van der Waals surface area contributed by atoms with Crippen LogP contribution in [0.1, 0.15) is 23.1 Å². The Labute approximate surface area is 226 Å². The Hall–Kier alpha value is -5.17. The molecule has 0 aliphatic carbocycles. The monoisotopic (exact) mass is 539 g/mol. The van der Waals surface area contributed by atoms with Crippen LogP contribution in [-0.2, 0) is 30.8 Å². The number of hydrogen-bond donors (Lipinski definition) is 1. The Morgan fingerprint density at radius 1 is 0.950 bits per heavy atom. The van der Waals surface area contributed by atoms with E-state index in [0.29, 0.717) is 41.8 Å². The molecule has 40 heavy (non-hydrogen) atoms. The third-order valence-electron chi connectivity index (χ3n) is 6.40. The molecule has 0 aliphatic heterocycles. The summed E-state index contributed by atoms with van der Waals surface area (Å²) >= 11 is 0. The van der Waals surface area contributed by atoms with E-state index in [1.807, 2.05) is 60.7 Å². The van der Waals surface area contributed by atoms with Crippen molar-refractivity contribution < 1.29 is 9.26 Å². The molecule has 13 nitrogen and oxygen atoms in total.